The summed E-state index contributed by atoms with van der Waals surface area (Å²) in [6.45, 7) is 4.73. The highest BCUT2D eigenvalue weighted by atomic mass is 15.1. The molecule has 0 unspecified atom stereocenters. The van der Waals surface area contributed by atoms with Gasteiger partial charge in [0, 0.05) is 55.1 Å². The summed E-state index contributed by atoms with van der Waals surface area (Å²) in [6, 6.07) is 49.6. The maximum atomic E-state index is 5.73. The summed E-state index contributed by atoms with van der Waals surface area (Å²) in [6.07, 6.45) is 4.22. The molecule has 0 amide bonds. The number of hydrogen-bond donors (Lipinski definition) is 0. The van der Waals surface area contributed by atoms with Crippen LogP contribution in [0, 0.1) is 0 Å². The fourth-order valence-electron chi connectivity index (χ4n) is 9.92. The Balaban J connectivity index is 1.25. The van der Waals surface area contributed by atoms with Gasteiger partial charge in [0.2, 0.25) is 0 Å². The molecule has 12 rings (SSSR count). The van der Waals surface area contributed by atoms with Gasteiger partial charge in [0.05, 0.1) is 33.3 Å². The predicted molar refractivity (Wildman–Crippen MR) is 215 cm³/mol. The maximum Gasteiger partial charge on any atom is 0.114 e. The van der Waals surface area contributed by atoms with Crippen LogP contribution >= 0.6 is 0 Å². The van der Waals surface area contributed by atoms with Crippen molar-refractivity contribution in [2.24, 2.45) is 4.99 Å². The molecule has 0 radical (unpaired) electrons. The van der Waals surface area contributed by atoms with Gasteiger partial charge in [-0.25, -0.2) is 4.99 Å². The predicted octanol–water partition coefficient (Wildman–Crippen LogP) is 12.5. The second kappa shape index (κ2) is 9.53. The van der Waals surface area contributed by atoms with Crippen LogP contribution in [0.5, 0.6) is 0 Å². The quantitative estimate of drug-likeness (QED) is 0.156. The van der Waals surface area contributed by atoms with Crippen LogP contribution in [0.2, 0.25) is 0 Å². The van der Waals surface area contributed by atoms with Crippen LogP contribution < -0.4 is 0 Å². The third-order valence-corrected chi connectivity index (χ3v) is 12.1. The average molecular weight is 652 g/mol. The third-order valence-electron chi connectivity index (χ3n) is 12.1. The summed E-state index contributed by atoms with van der Waals surface area (Å²) in [5.74, 6) is 1.09. The second-order valence-electron chi connectivity index (χ2n) is 15.0. The molecule has 3 heteroatoms. The molecule has 0 N–H and O–H groups in total. The molecule has 0 saturated heterocycles. The molecule has 3 nitrogen and oxygen atoms in total. The number of para-hydroxylation sites is 2. The lowest BCUT2D eigenvalue weighted by Gasteiger charge is -2.37. The molecular weight excluding hydrogens is 619 g/mol. The van der Waals surface area contributed by atoms with Gasteiger partial charge >= 0.3 is 0 Å². The van der Waals surface area contributed by atoms with Crippen molar-refractivity contribution in [2.45, 2.75) is 32.1 Å². The highest BCUT2D eigenvalue weighted by Gasteiger charge is 2.36. The molecule has 0 saturated carbocycles. The Morgan fingerprint density at radius 3 is 2.16 bits per heavy atom. The molecule has 4 heterocycles. The van der Waals surface area contributed by atoms with E-state index >= 15 is 0 Å². The van der Waals surface area contributed by atoms with E-state index < -0.39 is 0 Å². The lowest BCUT2D eigenvalue weighted by atomic mass is 9.66. The van der Waals surface area contributed by atoms with Crippen LogP contribution in [0.3, 0.4) is 0 Å². The zero-order valence-corrected chi connectivity index (χ0v) is 28.5. The van der Waals surface area contributed by atoms with E-state index in [0.29, 0.717) is 0 Å². The van der Waals surface area contributed by atoms with Crippen molar-refractivity contribution < 1.29 is 0 Å². The smallest absolute Gasteiger partial charge is 0.114 e. The zero-order chi connectivity index (χ0) is 33.6. The summed E-state index contributed by atoms with van der Waals surface area (Å²) < 4.78 is 5.06. The van der Waals surface area contributed by atoms with E-state index in [0.717, 1.165) is 24.4 Å². The fourth-order valence-corrected chi connectivity index (χ4v) is 9.92. The lowest BCUT2D eigenvalue weighted by molar-refractivity contribution is 0.630. The number of aliphatic imine (C=N–C) groups is 1. The van der Waals surface area contributed by atoms with Gasteiger partial charge in [-0.05, 0) is 58.3 Å². The SMILES string of the molecule is CC1(C)c2ccccc2/C2=C/CCC(n3c4ccccc4c4cc5c6ccccc6n6c7c8ccccc8ccc7c(c43)c56)=Nc3cccc1c32. The Bertz CT molecular complexity index is 3220. The summed E-state index contributed by atoms with van der Waals surface area (Å²) in [5.41, 5.74) is 13.9. The largest absolute Gasteiger partial charge is 0.307 e. The monoisotopic (exact) mass is 651 g/mol. The molecule has 3 aromatic heterocycles. The van der Waals surface area contributed by atoms with Crippen molar-refractivity contribution in [1.82, 2.24) is 8.97 Å². The highest BCUT2D eigenvalue weighted by Crippen LogP contribution is 2.51. The first kappa shape index (κ1) is 27.6. The van der Waals surface area contributed by atoms with Gasteiger partial charge in [-0.3, -0.25) is 4.57 Å². The van der Waals surface area contributed by atoms with E-state index in [4.69, 9.17) is 4.99 Å². The van der Waals surface area contributed by atoms with E-state index in [1.807, 2.05) is 0 Å². The standard InChI is InChI=1S/C48H33N3/c1-48(2)37-19-8-5-15-30(37)33-18-11-24-42(49-39-21-12-20-38(48)43(33)39)50-40-22-9-6-16-31(40)35-27-36-32-17-7-10-23-41(32)51-45-29-14-4-3-13-28(29)25-26-34(45)44(46(35)50)47(36)51/h3-10,12-23,25-27H,11,24H2,1-2H3/b33-18-,49-42?. The van der Waals surface area contributed by atoms with Gasteiger partial charge in [-0.15, -0.1) is 0 Å². The molecule has 7 aromatic carbocycles. The van der Waals surface area contributed by atoms with Crippen LogP contribution in [-0.4, -0.2) is 14.8 Å². The van der Waals surface area contributed by atoms with E-state index in [9.17, 15) is 0 Å². The Morgan fingerprint density at radius 1 is 0.569 bits per heavy atom. The summed E-state index contributed by atoms with van der Waals surface area (Å²) in [7, 11) is 0. The minimum absolute atomic E-state index is 0.127. The van der Waals surface area contributed by atoms with Crippen LogP contribution in [0.25, 0.3) is 76.2 Å². The molecule has 2 aliphatic rings. The number of nitrogens with zero attached hydrogens (tertiary/aromatic N) is 3. The van der Waals surface area contributed by atoms with Gasteiger partial charge in [0.1, 0.15) is 5.84 Å². The molecule has 10 aromatic rings. The summed E-state index contributed by atoms with van der Waals surface area (Å²) in [4.78, 5) is 5.73. The number of hydrogen-bond acceptors (Lipinski definition) is 1. The number of aromatic nitrogens is 2. The Hall–Kier alpha value is -6.19. The van der Waals surface area contributed by atoms with E-state index in [2.05, 4.69) is 162 Å². The first-order valence-electron chi connectivity index (χ1n) is 18.1. The van der Waals surface area contributed by atoms with Crippen molar-refractivity contribution in [3.8, 4) is 0 Å². The first-order chi connectivity index (χ1) is 25.1. The molecule has 1 aliphatic heterocycles. The molecule has 51 heavy (non-hydrogen) atoms. The molecule has 0 atom stereocenters. The second-order valence-corrected chi connectivity index (χ2v) is 15.0. The number of rotatable bonds is 0. The van der Waals surface area contributed by atoms with Crippen molar-refractivity contribution in [3.63, 3.8) is 0 Å². The van der Waals surface area contributed by atoms with E-state index in [-0.39, 0.29) is 5.41 Å². The minimum Gasteiger partial charge on any atom is -0.307 e. The van der Waals surface area contributed by atoms with Crippen molar-refractivity contribution in [1.29, 1.82) is 0 Å². The van der Waals surface area contributed by atoms with Crippen LogP contribution in [0.4, 0.5) is 5.69 Å². The number of allylic oxidation sites excluding steroid dienone is 1. The summed E-state index contributed by atoms with van der Waals surface area (Å²) in [5, 5.41) is 10.3. The molecule has 0 bridgehead atoms. The van der Waals surface area contributed by atoms with Crippen molar-refractivity contribution in [3.05, 3.63) is 162 Å². The Kier molecular flexibility index (Phi) is 5.16. The van der Waals surface area contributed by atoms with Crippen molar-refractivity contribution in [2.75, 3.05) is 0 Å². The normalized spacial score (nSPS) is 16.5. The van der Waals surface area contributed by atoms with Gasteiger partial charge < -0.3 is 4.40 Å². The molecule has 1 aliphatic carbocycles. The Labute approximate surface area is 294 Å². The van der Waals surface area contributed by atoms with Crippen LogP contribution in [0.15, 0.2) is 145 Å². The average Bonchev–Trinajstić information content (AvgIpc) is 3.79. The number of benzene rings is 7. The Morgan fingerprint density at radius 2 is 1.27 bits per heavy atom. The van der Waals surface area contributed by atoms with Gasteiger partial charge in [0.25, 0.3) is 0 Å². The number of fused-ring (bicyclic) bond motifs is 14. The van der Waals surface area contributed by atoms with Gasteiger partial charge in [-0.2, -0.15) is 0 Å². The van der Waals surface area contributed by atoms with Gasteiger partial charge in [0.15, 0.2) is 0 Å². The van der Waals surface area contributed by atoms with E-state index in [1.54, 1.807) is 0 Å². The third kappa shape index (κ3) is 3.37. The fraction of sp³-hybridized carbons (Fsp3) is 0.104. The zero-order valence-electron chi connectivity index (χ0n) is 28.5. The molecule has 240 valence electrons. The lowest BCUT2D eigenvalue weighted by Crippen LogP contribution is -2.27. The van der Waals surface area contributed by atoms with Crippen molar-refractivity contribution >= 4 is 87.8 Å². The minimum atomic E-state index is -0.127. The van der Waals surface area contributed by atoms with E-state index in [1.165, 1.54) is 98.5 Å². The van der Waals surface area contributed by atoms with Crippen LogP contribution in [0.1, 0.15) is 48.9 Å². The topological polar surface area (TPSA) is 21.7 Å². The molecular formula is C48H33N3. The first-order valence-corrected chi connectivity index (χ1v) is 18.1. The van der Waals surface area contributed by atoms with Gasteiger partial charge in [-0.1, -0.05) is 129 Å². The van der Waals surface area contributed by atoms with Crippen LogP contribution in [-0.2, 0) is 5.41 Å². The highest BCUT2D eigenvalue weighted by molar-refractivity contribution is 6.37. The molecule has 0 spiro atoms. The molecule has 0 fully saturated rings. The maximum absolute atomic E-state index is 5.73. The summed E-state index contributed by atoms with van der Waals surface area (Å²) >= 11 is 0.